The van der Waals surface area contributed by atoms with Crippen LogP contribution in [0.2, 0.25) is 5.02 Å². The normalized spacial score (nSPS) is 10.0. The average Bonchev–Trinajstić information content (AvgIpc) is 2.13. The summed E-state index contributed by atoms with van der Waals surface area (Å²) in [6, 6.07) is 0. The molecule has 4 nitrogen and oxygen atoms in total. The topological polar surface area (TPSA) is 61.0 Å². The fourth-order valence-corrected chi connectivity index (χ4v) is 0.932. The number of anilines is 1. The Kier molecular flexibility index (Phi) is 3.76. The highest BCUT2D eigenvalue weighted by molar-refractivity contribution is 6.33. The number of hydrogen-bond donors (Lipinski definition) is 1. The van der Waals surface area contributed by atoms with Gasteiger partial charge in [-0.25, -0.2) is 9.97 Å². The van der Waals surface area contributed by atoms with Crippen LogP contribution in [0.1, 0.15) is 19.8 Å². The summed E-state index contributed by atoms with van der Waals surface area (Å²) in [6.45, 7) is 2.69. The number of hydrogen-bond acceptors (Lipinski definition) is 4. The van der Waals surface area contributed by atoms with Crippen LogP contribution in [0.25, 0.3) is 0 Å². The van der Waals surface area contributed by atoms with Crippen LogP contribution in [0.5, 0.6) is 5.88 Å². The molecular weight excluding hydrogens is 190 g/mol. The highest BCUT2D eigenvalue weighted by Gasteiger charge is 2.06. The Morgan fingerprint density at radius 2 is 2.31 bits per heavy atom. The SMILES string of the molecule is CCCCOc1ncnc(N)c1Cl. The maximum atomic E-state index is 5.80. The minimum absolute atomic E-state index is 0.253. The minimum atomic E-state index is 0.253. The minimum Gasteiger partial charge on any atom is -0.476 e. The second-order valence-electron chi connectivity index (χ2n) is 2.58. The maximum absolute atomic E-state index is 5.80. The largest absolute Gasteiger partial charge is 0.476 e. The van der Waals surface area contributed by atoms with Gasteiger partial charge in [0.05, 0.1) is 6.61 Å². The zero-order valence-corrected chi connectivity index (χ0v) is 8.21. The summed E-state index contributed by atoms with van der Waals surface area (Å²) < 4.78 is 5.29. The lowest BCUT2D eigenvalue weighted by molar-refractivity contribution is 0.297. The van der Waals surface area contributed by atoms with Crippen molar-refractivity contribution in [1.82, 2.24) is 9.97 Å². The molecule has 0 saturated carbocycles. The first-order valence-corrected chi connectivity index (χ1v) is 4.52. The van der Waals surface area contributed by atoms with E-state index in [-0.39, 0.29) is 5.82 Å². The number of halogens is 1. The monoisotopic (exact) mass is 201 g/mol. The van der Waals surface area contributed by atoms with Crippen LogP contribution in [-0.2, 0) is 0 Å². The molecule has 0 atom stereocenters. The molecule has 0 amide bonds. The molecule has 0 saturated heterocycles. The van der Waals surface area contributed by atoms with Crippen LogP contribution in [0, 0.1) is 0 Å². The molecule has 1 aromatic rings. The summed E-state index contributed by atoms with van der Waals surface area (Å²) in [6.07, 6.45) is 3.38. The van der Waals surface area contributed by atoms with Crippen molar-refractivity contribution in [2.75, 3.05) is 12.3 Å². The van der Waals surface area contributed by atoms with E-state index in [1.807, 2.05) is 0 Å². The molecule has 1 aromatic heterocycles. The van der Waals surface area contributed by atoms with Gasteiger partial charge in [-0.1, -0.05) is 24.9 Å². The summed E-state index contributed by atoms with van der Waals surface area (Å²) >= 11 is 5.80. The van der Waals surface area contributed by atoms with Gasteiger partial charge in [0.25, 0.3) is 0 Å². The first-order valence-electron chi connectivity index (χ1n) is 4.14. The lowest BCUT2D eigenvalue weighted by Crippen LogP contribution is -2.01. The Bertz CT molecular complexity index is 280. The van der Waals surface area contributed by atoms with Gasteiger partial charge >= 0.3 is 0 Å². The van der Waals surface area contributed by atoms with Crippen molar-refractivity contribution < 1.29 is 4.74 Å². The lowest BCUT2D eigenvalue weighted by Gasteiger charge is -2.05. The number of nitrogen functional groups attached to an aromatic ring is 1. The lowest BCUT2D eigenvalue weighted by atomic mass is 10.4. The molecule has 0 aliphatic carbocycles. The first-order chi connectivity index (χ1) is 6.25. The van der Waals surface area contributed by atoms with E-state index >= 15 is 0 Å². The van der Waals surface area contributed by atoms with Crippen molar-refractivity contribution in [2.24, 2.45) is 0 Å². The van der Waals surface area contributed by atoms with E-state index in [9.17, 15) is 0 Å². The van der Waals surface area contributed by atoms with E-state index in [0.717, 1.165) is 12.8 Å². The molecule has 0 fully saturated rings. The van der Waals surface area contributed by atoms with Gasteiger partial charge in [0.2, 0.25) is 5.88 Å². The van der Waals surface area contributed by atoms with E-state index in [1.54, 1.807) is 0 Å². The van der Waals surface area contributed by atoms with Crippen LogP contribution >= 0.6 is 11.6 Å². The second-order valence-corrected chi connectivity index (χ2v) is 2.96. The van der Waals surface area contributed by atoms with Gasteiger partial charge in [-0.05, 0) is 6.42 Å². The maximum Gasteiger partial charge on any atom is 0.237 e. The van der Waals surface area contributed by atoms with Gasteiger partial charge < -0.3 is 10.5 Å². The van der Waals surface area contributed by atoms with Crippen LogP contribution in [0.15, 0.2) is 6.33 Å². The third-order valence-corrected chi connectivity index (χ3v) is 1.88. The van der Waals surface area contributed by atoms with Crippen molar-refractivity contribution in [3.05, 3.63) is 11.3 Å². The molecule has 1 heterocycles. The van der Waals surface area contributed by atoms with Gasteiger partial charge in [0.1, 0.15) is 17.2 Å². The number of unbranched alkanes of at least 4 members (excludes halogenated alkanes) is 1. The van der Waals surface area contributed by atoms with E-state index < -0.39 is 0 Å². The zero-order valence-electron chi connectivity index (χ0n) is 7.46. The van der Waals surface area contributed by atoms with Gasteiger partial charge in [0, 0.05) is 0 Å². The van der Waals surface area contributed by atoms with Gasteiger partial charge in [-0.3, -0.25) is 0 Å². The molecule has 0 aromatic carbocycles. The van der Waals surface area contributed by atoms with Crippen molar-refractivity contribution in [1.29, 1.82) is 0 Å². The molecule has 0 unspecified atom stereocenters. The fraction of sp³-hybridized carbons (Fsp3) is 0.500. The van der Waals surface area contributed by atoms with Gasteiger partial charge in [-0.2, -0.15) is 0 Å². The molecule has 72 valence electrons. The summed E-state index contributed by atoms with van der Waals surface area (Å²) in [5.41, 5.74) is 5.46. The number of ether oxygens (including phenoxy) is 1. The number of nitrogens with two attached hydrogens (primary N) is 1. The number of aromatic nitrogens is 2. The molecule has 2 N–H and O–H groups in total. The Morgan fingerprint density at radius 3 is 3.00 bits per heavy atom. The van der Waals surface area contributed by atoms with E-state index in [0.29, 0.717) is 17.5 Å². The Hall–Kier alpha value is -1.03. The fourth-order valence-electron chi connectivity index (χ4n) is 0.780. The highest BCUT2D eigenvalue weighted by atomic mass is 35.5. The Labute approximate surface area is 82.1 Å². The predicted molar refractivity (Wildman–Crippen MR) is 51.9 cm³/mol. The highest BCUT2D eigenvalue weighted by Crippen LogP contribution is 2.25. The third-order valence-electron chi connectivity index (χ3n) is 1.52. The molecule has 0 aliphatic heterocycles. The van der Waals surface area contributed by atoms with E-state index in [1.165, 1.54) is 6.33 Å². The first kappa shape index (κ1) is 10.1. The van der Waals surface area contributed by atoms with Crippen LogP contribution in [0.3, 0.4) is 0 Å². The standard InChI is InChI=1S/C8H12ClN3O/c1-2-3-4-13-8-6(9)7(10)11-5-12-8/h5H,2-4H2,1H3,(H2,10,11,12). The van der Waals surface area contributed by atoms with Crippen molar-refractivity contribution in [3.63, 3.8) is 0 Å². The van der Waals surface area contributed by atoms with E-state index in [2.05, 4.69) is 16.9 Å². The number of rotatable bonds is 4. The summed E-state index contributed by atoms with van der Waals surface area (Å²) in [5, 5.41) is 0.290. The Morgan fingerprint density at radius 1 is 1.54 bits per heavy atom. The van der Waals surface area contributed by atoms with Crippen LogP contribution in [-0.4, -0.2) is 16.6 Å². The molecule has 0 spiro atoms. The third kappa shape index (κ3) is 2.73. The molecular formula is C8H12ClN3O. The average molecular weight is 202 g/mol. The van der Waals surface area contributed by atoms with Crippen LogP contribution < -0.4 is 10.5 Å². The summed E-state index contributed by atoms with van der Waals surface area (Å²) in [7, 11) is 0. The molecule has 1 rings (SSSR count). The van der Waals surface area contributed by atoms with Crippen LogP contribution in [0.4, 0.5) is 5.82 Å². The summed E-state index contributed by atoms with van der Waals surface area (Å²) in [5.74, 6) is 0.616. The van der Waals surface area contributed by atoms with Crippen molar-refractivity contribution >= 4 is 17.4 Å². The van der Waals surface area contributed by atoms with Crippen molar-refractivity contribution in [2.45, 2.75) is 19.8 Å². The molecule has 5 heteroatoms. The summed E-state index contributed by atoms with van der Waals surface area (Å²) in [4.78, 5) is 7.59. The van der Waals surface area contributed by atoms with E-state index in [4.69, 9.17) is 22.1 Å². The van der Waals surface area contributed by atoms with Gasteiger partial charge in [-0.15, -0.1) is 0 Å². The zero-order chi connectivity index (χ0) is 9.68. The molecule has 0 aliphatic rings. The predicted octanol–water partition coefficient (Wildman–Crippen LogP) is 1.89. The molecule has 13 heavy (non-hydrogen) atoms. The number of nitrogens with zero attached hydrogens (tertiary/aromatic N) is 2. The second kappa shape index (κ2) is 4.87. The van der Waals surface area contributed by atoms with Gasteiger partial charge in [0.15, 0.2) is 0 Å². The smallest absolute Gasteiger partial charge is 0.237 e. The molecule has 0 bridgehead atoms. The molecule has 0 radical (unpaired) electrons. The quantitative estimate of drug-likeness (QED) is 0.756. The van der Waals surface area contributed by atoms with Crippen molar-refractivity contribution in [3.8, 4) is 5.88 Å². The Balaban J connectivity index is 2.61.